The van der Waals surface area contributed by atoms with Crippen LogP contribution in [0.4, 0.5) is 0 Å². The summed E-state index contributed by atoms with van der Waals surface area (Å²) in [6, 6.07) is 20.4. The lowest BCUT2D eigenvalue weighted by Gasteiger charge is -2.13. The second-order valence-electron chi connectivity index (χ2n) is 8.44. The first-order valence-electron chi connectivity index (χ1n) is 11.7. The maximum absolute atomic E-state index is 12.3. The fourth-order valence-electron chi connectivity index (χ4n) is 3.75. The van der Waals surface area contributed by atoms with Crippen LogP contribution in [0.5, 0.6) is 5.75 Å². The number of carbonyl (C=O) groups is 2. The number of benzene rings is 3. The Morgan fingerprint density at radius 1 is 1.03 bits per heavy atom. The molecule has 7 nitrogen and oxygen atoms in total. The molecule has 194 valence electrons. The van der Waals surface area contributed by atoms with Crippen molar-refractivity contribution in [1.29, 1.82) is 0 Å². The van der Waals surface area contributed by atoms with E-state index >= 15 is 0 Å². The van der Waals surface area contributed by atoms with E-state index in [1.165, 1.54) is 6.08 Å². The molecule has 0 saturated heterocycles. The van der Waals surface area contributed by atoms with Crippen molar-refractivity contribution in [1.82, 2.24) is 10.5 Å². The Bertz CT molecular complexity index is 1430. The van der Waals surface area contributed by atoms with Crippen molar-refractivity contribution >= 4 is 41.2 Å². The number of carbonyl (C=O) groups excluding carboxylic acids is 1. The smallest absolute Gasteiger partial charge is 0.326 e. The molecule has 1 atom stereocenters. The number of rotatable bonds is 10. The van der Waals surface area contributed by atoms with Gasteiger partial charge in [0, 0.05) is 18.1 Å². The average Bonchev–Trinajstić information content (AvgIpc) is 3.26. The summed E-state index contributed by atoms with van der Waals surface area (Å²) in [6.45, 7) is 1.97. The van der Waals surface area contributed by atoms with Crippen LogP contribution in [0.3, 0.4) is 0 Å². The van der Waals surface area contributed by atoms with Crippen LogP contribution < -0.4 is 10.1 Å². The minimum atomic E-state index is -1.10. The van der Waals surface area contributed by atoms with Crippen molar-refractivity contribution in [3.63, 3.8) is 0 Å². The summed E-state index contributed by atoms with van der Waals surface area (Å²) < 4.78 is 11.3. The molecule has 1 heterocycles. The lowest BCUT2D eigenvalue weighted by Crippen LogP contribution is -2.41. The van der Waals surface area contributed by atoms with E-state index in [0.717, 1.165) is 16.7 Å². The van der Waals surface area contributed by atoms with E-state index in [1.807, 2.05) is 30.3 Å². The van der Waals surface area contributed by atoms with Gasteiger partial charge in [0.2, 0.25) is 5.91 Å². The number of amides is 1. The zero-order valence-electron chi connectivity index (χ0n) is 20.4. The van der Waals surface area contributed by atoms with E-state index in [4.69, 9.17) is 32.5 Å². The van der Waals surface area contributed by atoms with Crippen LogP contribution in [0.2, 0.25) is 10.0 Å². The molecular weight excluding hydrogens is 527 g/mol. The first kappa shape index (κ1) is 27.0. The van der Waals surface area contributed by atoms with Crippen LogP contribution in [0.25, 0.3) is 17.3 Å². The molecule has 1 amide bonds. The number of hydrogen-bond acceptors (Lipinski definition) is 5. The zero-order chi connectivity index (χ0) is 27.1. The molecule has 1 aromatic heterocycles. The first-order valence-corrected chi connectivity index (χ1v) is 12.4. The molecule has 4 rings (SSSR count). The van der Waals surface area contributed by atoms with Gasteiger partial charge in [-0.2, -0.15) is 0 Å². The zero-order valence-corrected chi connectivity index (χ0v) is 21.9. The van der Waals surface area contributed by atoms with Crippen molar-refractivity contribution in [2.45, 2.75) is 26.0 Å². The summed E-state index contributed by atoms with van der Waals surface area (Å²) in [6.07, 6.45) is 3.09. The molecule has 0 bridgehead atoms. The number of aryl methyl sites for hydroxylation is 1. The SMILES string of the molecule is Cc1onc(-c2c(Cl)cccc2Cl)c1COc1ccc(/C=C/C(=O)NC(Cc2ccccc2)C(=O)O)cc1. The Morgan fingerprint density at radius 3 is 2.37 bits per heavy atom. The van der Waals surface area contributed by atoms with Crippen LogP contribution in [-0.2, 0) is 22.6 Å². The van der Waals surface area contributed by atoms with Gasteiger partial charge in [-0.1, -0.05) is 76.9 Å². The van der Waals surface area contributed by atoms with E-state index in [2.05, 4.69) is 10.5 Å². The average molecular weight is 551 g/mol. The molecule has 0 aliphatic rings. The van der Waals surface area contributed by atoms with Gasteiger partial charge in [0.15, 0.2) is 0 Å². The van der Waals surface area contributed by atoms with E-state index < -0.39 is 17.9 Å². The maximum Gasteiger partial charge on any atom is 0.326 e. The lowest BCUT2D eigenvalue weighted by atomic mass is 10.1. The molecule has 0 fully saturated rings. The van der Waals surface area contributed by atoms with Crippen LogP contribution in [0, 0.1) is 6.92 Å². The second kappa shape index (κ2) is 12.4. The third-order valence-corrected chi connectivity index (χ3v) is 6.40. The van der Waals surface area contributed by atoms with Gasteiger partial charge in [0.1, 0.15) is 29.9 Å². The predicted octanol–water partition coefficient (Wildman–Crippen LogP) is 6.36. The number of halogens is 2. The van der Waals surface area contributed by atoms with Gasteiger partial charge in [-0.25, -0.2) is 4.79 Å². The molecule has 0 aliphatic heterocycles. The van der Waals surface area contributed by atoms with Crippen molar-refractivity contribution in [3.8, 4) is 17.0 Å². The highest BCUT2D eigenvalue weighted by Gasteiger charge is 2.21. The van der Waals surface area contributed by atoms with Gasteiger partial charge in [-0.05, 0) is 48.4 Å². The number of ether oxygens (including phenoxy) is 1. The van der Waals surface area contributed by atoms with Gasteiger partial charge in [0.05, 0.1) is 15.6 Å². The highest BCUT2D eigenvalue weighted by Crippen LogP contribution is 2.37. The van der Waals surface area contributed by atoms with Crippen LogP contribution >= 0.6 is 23.2 Å². The lowest BCUT2D eigenvalue weighted by molar-refractivity contribution is -0.141. The third kappa shape index (κ3) is 6.82. The fourth-order valence-corrected chi connectivity index (χ4v) is 4.33. The fraction of sp³-hybridized carbons (Fsp3) is 0.138. The molecule has 3 aromatic carbocycles. The van der Waals surface area contributed by atoms with Gasteiger partial charge in [0.25, 0.3) is 0 Å². The van der Waals surface area contributed by atoms with Crippen molar-refractivity contribution < 1.29 is 24.0 Å². The van der Waals surface area contributed by atoms with E-state index in [9.17, 15) is 14.7 Å². The number of aliphatic carboxylic acids is 1. The Labute approximate surface area is 229 Å². The van der Waals surface area contributed by atoms with E-state index in [1.54, 1.807) is 55.5 Å². The number of nitrogens with one attached hydrogen (secondary N) is 1. The number of carboxylic acids is 1. The van der Waals surface area contributed by atoms with Gasteiger partial charge in [-0.15, -0.1) is 0 Å². The first-order chi connectivity index (χ1) is 18.3. The monoisotopic (exact) mass is 550 g/mol. The maximum atomic E-state index is 12.3. The normalized spacial score (nSPS) is 11.9. The molecular formula is C29H24Cl2N2O5. The molecule has 0 saturated carbocycles. The molecule has 0 radical (unpaired) electrons. The summed E-state index contributed by atoms with van der Waals surface area (Å²) in [7, 11) is 0. The molecule has 2 N–H and O–H groups in total. The molecule has 1 unspecified atom stereocenters. The summed E-state index contributed by atoms with van der Waals surface area (Å²) >= 11 is 12.7. The van der Waals surface area contributed by atoms with Crippen LogP contribution in [-0.4, -0.2) is 28.2 Å². The Kier molecular flexibility index (Phi) is 8.84. The van der Waals surface area contributed by atoms with Crippen LogP contribution in [0.1, 0.15) is 22.5 Å². The summed E-state index contributed by atoms with van der Waals surface area (Å²) in [4.78, 5) is 23.9. The molecule has 0 spiro atoms. The Morgan fingerprint density at radius 2 is 1.71 bits per heavy atom. The number of nitrogens with zero attached hydrogens (tertiary/aromatic N) is 1. The number of carboxylic acid groups (broad SMARTS) is 1. The summed E-state index contributed by atoms with van der Waals surface area (Å²) in [5.41, 5.74) is 3.40. The van der Waals surface area contributed by atoms with Gasteiger partial charge >= 0.3 is 5.97 Å². The third-order valence-electron chi connectivity index (χ3n) is 5.77. The topological polar surface area (TPSA) is 102 Å². The molecule has 9 heteroatoms. The number of aromatic nitrogens is 1. The number of hydrogen-bond donors (Lipinski definition) is 2. The van der Waals surface area contributed by atoms with Crippen molar-refractivity contribution in [2.75, 3.05) is 0 Å². The molecule has 0 aliphatic carbocycles. The highest BCUT2D eigenvalue weighted by molar-refractivity contribution is 6.39. The van der Waals surface area contributed by atoms with Crippen molar-refractivity contribution in [3.05, 3.63) is 111 Å². The van der Waals surface area contributed by atoms with E-state index in [-0.39, 0.29) is 13.0 Å². The summed E-state index contributed by atoms with van der Waals surface area (Å²) in [5, 5.41) is 17.0. The molecule has 38 heavy (non-hydrogen) atoms. The second-order valence-corrected chi connectivity index (χ2v) is 9.26. The van der Waals surface area contributed by atoms with Gasteiger partial charge < -0.3 is 19.7 Å². The summed E-state index contributed by atoms with van der Waals surface area (Å²) in [5.74, 6) is -0.409. The quantitative estimate of drug-likeness (QED) is 0.223. The highest BCUT2D eigenvalue weighted by atomic mass is 35.5. The predicted molar refractivity (Wildman–Crippen MR) is 146 cm³/mol. The minimum absolute atomic E-state index is 0.182. The van der Waals surface area contributed by atoms with E-state index in [0.29, 0.717) is 32.8 Å². The largest absolute Gasteiger partial charge is 0.489 e. The van der Waals surface area contributed by atoms with Gasteiger partial charge in [-0.3, -0.25) is 4.79 Å². The standard InChI is InChI=1S/C29H24Cl2N2O5/c1-18-22(28(33-38-18)27-23(30)8-5-9-24(27)31)17-37-21-13-10-19(11-14-21)12-15-26(34)32-25(29(35)36)16-20-6-3-2-4-7-20/h2-15,25H,16-17H2,1H3,(H,32,34)(H,35,36)/b15-12+. The van der Waals surface area contributed by atoms with Crippen LogP contribution in [0.15, 0.2) is 83.4 Å². The Hall–Kier alpha value is -4.07. The van der Waals surface area contributed by atoms with Crippen molar-refractivity contribution in [2.24, 2.45) is 0 Å². The Balaban J connectivity index is 1.37. The molecule has 4 aromatic rings. The minimum Gasteiger partial charge on any atom is -0.489 e.